The summed E-state index contributed by atoms with van der Waals surface area (Å²) in [4.78, 5) is 7.38. The van der Waals surface area contributed by atoms with Crippen LogP contribution in [0.5, 0.6) is 0 Å². The maximum atomic E-state index is 5.90. The summed E-state index contributed by atoms with van der Waals surface area (Å²) >= 11 is 5.90. The van der Waals surface area contributed by atoms with Gasteiger partial charge in [-0.3, -0.25) is 0 Å². The lowest BCUT2D eigenvalue weighted by atomic mass is 9.98. The van der Waals surface area contributed by atoms with Gasteiger partial charge >= 0.3 is 0 Å². The monoisotopic (exact) mass is 466 g/mol. The first-order chi connectivity index (χ1) is 16.0. The Morgan fingerprint density at radius 2 is 1.88 bits per heavy atom. The van der Waals surface area contributed by atoms with E-state index in [0.717, 1.165) is 56.5 Å². The Hall–Kier alpha value is -2.11. The Morgan fingerprint density at radius 1 is 1.06 bits per heavy atom. The van der Waals surface area contributed by atoms with Crippen molar-refractivity contribution in [2.75, 3.05) is 49.5 Å². The third-order valence-corrected chi connectivity index (χ3v) is 6.94. The summed E-state index contributed by atoms with van der Waals surface area (Å²) in [6.07, 6.45) is 4.72. The molecule has 1 aliphatic heterocycles. The fourth-order valence-electron chi connectivity index (χ4n) is 4.75. The molecule has 1 heterocycles. The van der Waals surface area contributed by atoms with Crippen molar-refractivity contribution in [3.63, 3.8) is 0 Å². The Kier molecular flexibility index (Phi) is 10.0. The van der Waals surface area contributed by atoms with E-state index in [4.69, 9.17) is 12.2 Å². The normalized spacial score (nSPS) is 13.2. The van der Waals surface area contributed by atoms with Gasteiger partial charge in [-0.2, -0.15) is 0 Å². The van der Waals surface area contributed by atoms with Crippen LogP contribution in [-0.2, 0) is 13.0 Å². The van der Waals surface area contributed by atoms with Crippen molar-refractivity contribution >= 4 is 28.7 Å². The molecule has 2 aromatic rings. The van der Waals surface area contributed by atoms with Crippen LogP contribution in [0.2, 0.25) is 0 Å². The highest BCUT2D eigenvalue weighted by Crippen LogP contribution is 2.28. The number of thiocarbonyl (C=S) groups is 1. The number of rotatable bonds is 11. The van der Waals surface area contributed by atoms with Gasteiger partial charge in [-0.25, -0.2) is 0 Å². The molecule has 0 amide bonds. The molecule has 0 fully saturated rings. The van der Waals surface area contributed by atoms with Gasteiger partial charge in [0.2, 0.25) is 0 Å². The second-order valence-corrected chi connectivity index (χ2v) is 9.54. The molecule has 5 heteroatoms. The Morgan fingerprint density at radius 3 is 2.61 bits per heavy atom. The predicted molar refractivity (Wildman–Crippen MR) is 147 cm³/mol. The highest BCUT2D eigenvalue weighted by Gasteiger charge is 2.18. The topological polar surface area (TPSA) is 21.8 Å². The molecule has 1 aliphatic rings. The van der Waals surface area contributed by atoms with E-state index in [0.29, 0.717) is 0 Å². The highest BCUT2D eigenvalue weighted by molar-refractivity contribution is 7.80. The van der Waals surface area contributed by atoms with Gasteiger partial charge in [0.05, 0.1) is 0 Å². The van der Waals surface area contributed by atoms with Crippen LogP contribution in [0.4, 0.5) is 11.4 Å². The predicted octanol–water partition coefficient (Wildman–Crippen LogP) is 6.09. The number of fused-ring (bicyclic) bond motifs is 1. The zero-order chi connectivity index (χ0) is 23.6. The number of anilines is 2. The average molecular weight is 467 g/mol. The third kappa shape index (κ3) is 7.44. The molecule has 0 unspecified atom stereocenters. The van der Waals surface area contributed by atoms with Gasteiger partial charge in [-0.15, -0.1) is 0 Å². The Labute approximate surface area is 207 Å². The third-order valence-electron chi connectivity index (χ3n) is 6.58. The van der Waals surface area contributed by atoms with Crippen LogP contribution < -0.4 is 10.2 Å². The van der Waals surface area contributed by atoms with Gasteiger partial charge in [0.15, 0.2) is 5.11 Å². The first kappa shape index (κ1) is 25.5. The molecule has 0 aliphatic carbocycles. The second kappa shape index (κ2) is 13.0. The number of benzene rings is 2. The van der Waals surface area contributed by atoms with Crippen LogP contribution in [0.1, 0.15) is 56.7 Å². The van der Waals surface area contributed by atoms with E-state index in [1.165, 1.54) is 48.2 Å². The van der Waals surface area contributed by atoms with Crippen LogP contribution in [-0.4, -0.2) is 54.2 Å². The largest absolute Gasteiger partial charge is 0.371 e. The first-order valence-corrected chi connectivity index (χ1v) is 13.2. The second-order valence-electron chi connectivity index (χ2n) is 9.16. The number of nitrogens with zero attached hydrogens (tertiary/aromatic N) is 3. The maximum absolute atomic E-state index is 5.90. The van der Waals surface area contributed by atoms with E-state index in [1.807, 2.05) is 0 Å². The van der Waals surface area contributed by atoms with Crippen LogP contribution in [0.3, 0.4) is 0 Å². The summed E-state index contributed by atoms with van der Waals surface area (Å²) in [5.41, 5.74) is 6.58. The van der Waals surface area contributed by atoms with Crippen molar-refractivity contribution in [1.29, 1.82) is 0 Å². The Balaban J connectivity index is 1.73. The quantitative estimate of drug-likeness (QED) is 0.404. The molecule has 2 aromatic carbocycles. The molecule has 33 heavy (non-hydrogen) atoms. The molecule has 4 nitrogen and oxygen atoms in total. The maximum Gasteiger partial charge on any atom is 0.173 e. The van der Waals surface area contributed by atoms with Gasteiger partial charge in [0.1, 0.15) is 0 Å². The number of hydrogen-bond donors (Lipinski definition) is 1. The molecule has 0 bridgehead atoms. The average Bonchev–Trinajstić information content (AvgIpc) is 2.81. The van der Waals surface area contributed by atoms with Crippen LogP contribution in [0.25, 0.3) is 0 Å². The van der Waals surface area contributed by atoms with Crippen molar-refractivity contribution in [3.8, 4) is 0 Å². The molecule has 0 radical (unpaired) electrons. The van der Waals surface area contributed by atoms with Gasteiger partial charge in [-0.1, -0.05) is 45.0 Å². The number of hydrogen-bond acceptors (Lipinski definition) is 3. The summed E-state index contributed by atoms with van der Waals surface area (Å²) < 4.78 is 0. The minimum absolute atomic E-state index is 0.811. The molecule has 3 rings (SSSR count). The summed E-state index contributed by atoms with van der Waals surface area (Å²) in [6, 6.07) is 15.5. The molecule has 0 atom stereocenters. The van der Waals surface area contributed by atoms with E-state index in [-0.39, 0.29) is 0 Å². The van der Waals surface area contributed by atoms with Crippen molar-refractivity contribution in [2.24, 2.45) is 0 Å². The van der Waals surface area contributed by atoms with Crippen LogP contribution >= 0.6 is 12.2 Å². The van der Waals surface area contributed by atoms with E-state index in [9.17, 15) is 0 Å². The highest BCUT2D eigenvalue weighted by atomic mass is 32.1. The summed E-state index contributed by atoms with van der Waals surface area (Å²) in [5, 5.41) is 4.30. The smallest absolute Gasteiger partial charge is 0.173 e. The summed E-state index contributed by atoms with van der Waals surface area (Å²) in [6.45, 7) is 16.3. The van der Waals surface area contributed by atoms with Gasteiger partial charge in [0.25, 0.3) is 0 Å². The fraction of sp³-hybridized carbons (Fsp3) is 0.536. The molecule has 1 N–H and O–H groups in total. The van der Waals surface area contributed by atoms with E-state index >= 15 is 0 Å². The molecule has 0 aromatic heterocycles. The Bertz CT molecular complexity index is 893. The van der Waals surface area contributed by atoms with Crippen molar-refractivity contribution in [1.82, 2.24) is 9.80 Å². The van der Waals surface area contributed by atoms with Crippen molar-refractivity contribution in [3.05, 3.63) is 59.2 Å². The zero-order valence-corrected chi connectivity index (χ0v) is 21.9. The molecule has 0 spiro atoms. The number of nitrogens with one attached hydrogen (secondary N) is 1. The molecule has 0 saturated carbocycles. The summed E-state index contributed by atoms with van der Waals surface area (Å²) in [7, 11) is 0. The van der Waals surface area contributed by atoms with Gasteiger partial charge < -0.3 is 20.0 Å². The first-order valence-electron chi connectivity index (χ1n) is 12.8. The van der Waals surface area contributed by atoms with Crippen LogP contribution in [0.15, 0.2) is 42.5 Å². The number of aryl methyl sites for hydroxylation is 2. The lowest BCUT2D eigenvalue weighted by Crippen LogP contribution is -2.37. The lowest BCUT2D eigenvalue weighted by Gasteiger charge is -2.32. The van der Waals surface area contributed by atoms with Crippen molar-refractivity contribution in [2.45, 2.75) is 59.9 Å². The fourth-order valence-corrected chi connectivity index (χ4v) is 5.03. The van der Waals surface area contributed by atoms with Gasteiger partial charge in [0, 0.05) is 37.6 Å². The zero-order valence-electron chi connectivity index (χ0n) is 21.1. The van der Waals surface area contributed by atoms with E-state index < -0.39 is 0 Å². The minimum atomic E-state index is 0.811. The molecular weight excluding hydrogens is 424 g/mol. The van der Waals surface area contributed by atoms with Crippen molar-refractivity contribution < 1.29 is 0 Å². The minimum Gasteiger partial charge on any atom is -0.371 e. The van der Waals surface area contributed by atoms with E-state index in [1.54, 1.807) is 0 Å². The standard InChI is InChI=1S/C28H42N4S/c1-5-16-31-18-9-12-25-21-24(14-15-27(25)31)22-32(19-10-17-30(6-2)7-3)28(33)29-26-13-8-11-23(4)20-26/h8,11,13-15,20-21H,5-7,9-10,12,16-19,22H2,1-4H3,(H,29,33). The molecular formula is C28H42N4S. The summed E-state index contributed by atoms with van der Waals surface area (Å²) in [5.74, 6) is 0. The van der Waals surface area contributed by atoms with E-state index in [2.05, 4.69) is 90.2 Å². The molecule has 180 valence electrons. The SMILES string of the molecule is CCCN1CCCc2cc(CN(CCCN(CC)CC)C(=S)Nc3cccc(C)c3)ccc21. The molecule has 0 saturated heterocycles. The van der Waals surface area contributed by atoms with Gasteiger partial charge in [-0.05, 0) is 99.3 Å². The lowest BCUT2D eigenvalue weighted by molar-refractivity contribution is 0.281. The van der Waals surface area contributed by atoms with Crippen LogP contribution in [0, 0.1) is 6.92 Å².